The molecule has 0 fully saturated rings. The molecular formula is C17H24N2. The van der Waals surface area contributed by atoms with Crippen LogP contribution in [0.4, 0.5) is 5.69 Å². The molecule has 0 amide bonds. The molecule has 2 heteroatoms. The van der Waals surface area contributed by atoms with Crippen molar-refractivity contribution in [2.45, 2.75) is 33.4 Å². The molecule has 0 radical (unpaired) electrons. The summed E-state index contributed by atoms with van der Waals surface area (Å²) < 4.78 is 0. The van der Waals surface area contributed by atoms with Crippen LogP contribution in [0.2, 0.25) is 0 Å². The zero-order chi connectivity index (χ0) is 14.0. The van der Waals surface area contributed by atoms with Gasteiger partial charge in [-0.3, -0.25) is 0 Å². The largest absolute Gasteiger partial charge is 0.359 e. The van der Waals surface area contributed by atoms with Crippen LogP contribution in [0, 0.1) is 5.92 Å². The molecule has 1 aliphatic rings. The Morgan fingerprint density at radius 2 is 2.11 bits per heavy atom. The maximum Gasteiger partial charge on any atom is 0.102 e. The van der Waals surface area contributed by atoms with Crippen LogP contribution in [0.3, 0.4) is 0 Å². The molecule has 19 heavy (non-hydrogen) atoms. The second-order valence-electron chi connectivity index (χ2n) is 5.62. The van der Waals surface area contributed by atoms with Gasteiger partial charge in [-0.15, -0.1) is 0 Å². The number of benzene rings is 1. The Kier molecular flexibility index (Phi) is 3.98. The first-order chi connectivity index (χ1) is 8.99. The first kappa shape index (κ1) is 13.7. The number of nitrogens with zero attached hydrogens (tertiary/aromatic N) is 2. The molecule has 2 atom stereocenters. The van der Waals surface area contributed by atoms with Crippen molar-refractivity contribution in [2.75, 3.05) is 11.9 Å². The van der Waals surface area contributed by atoms with Crippen molar-refractivity contribution >= 4 is 5.69 Å². The molecule has 0 aliphatic carbocycles. The molecule has 0 spiro atoms. The van der Waals surface area contributed by atoms with Crippen LogP contribution >= 0.6 is 0 Å². The van der Waals surface area contributed by atoms with E-state index in [1.807, 2.05) is 0 Å². The summed E-state index contributed by atoms with van der Waals surface area (Å²) in [6.07, 6.45) is 5.71. The van der Waals surface area contributed by atoms with Crippen molar-refractivity contribution in [3.05, 3.63) is 54.4 Å². The lowest BCUT2D eigenvalue weighted by Crippen LogP contribution is -2.33. The first-order valence-corrected chi connectivity index (χ1v) is 6.92. The summed E-state index contributed by atoms with van der Waals surface area (Å²) in [4.78, 5) is 4.51. The average Bonchev–Trinajstić information content (AvgIpc) is 2.70. The molecule has 0 N–H and O–H groups in total. The van der Waals surface area contributed by atoms with Gasteiger partial charge >= 0.3 is 0 Å². The maximum atomic E-state index is 4.04. The van der Waals surface area contributed by atoms with Crippen molar-refractivity contribution in [3.63, 3.8) is 0 Å². The van der Waals surface area contributed by atoms with Crippen LogP contribution in [-0.2, 0) is 6.42 Å². The van der Waals surface area contributed by atoms with E-state index in [0.717, 1.165) is 6.42 Å². The molecule has 2 rings (SSSR count). The van der Waals surface area contributed by atoms with Gasteiger partial charge in [-0.05, 0) is 43.9 Å². The second-order valence-corrected chi connectivity index (χ2v) is 5.62. The molecule has 2 nitrogen and oxygen atoms in total. The topological polar surface area (TPSA) is 6.48 Å². The minimum absolute atomic E-state index is 0.383. The third-order valence-electron chi connectivity index (χ3n) is 4.05. The molecular weight excluding hydrogens is 232 g/mol. The molecule has 1 aromatic rings. The van der Waals surface area contributed by atoms with Gasteiger partial charge in [0.2, 0.25) is 0 Å². The fourth-order valence-electron chi connectivity index (χ4n) is 2.30. The van der Waals surface area contributed by atoms with E-state index in [-0.39, 0.29) is 0 Å². The predicted octanol–water partition coefficient (Wildman–Crippen LogP) is 4.01. The number of hydrogen-bond donors (Lipinski definition) is 0. The van der Waals surface area contributed by atoms with Gasteiger partial charge in [0.05, 0.1) is 0 Å². The fraction of sp³-hybridized carbons (Fsp3) is 0.412. The van der Waals surface area contributed by atoms with E-state index in [0.29, 0.717) is 12.1 Å². The van der Waals surface area contributed by atoms with E-state index >= 15 is 0 Å². The molecule has 1 aliphatic heterocycles. The van der Waals surface area contributed by atoms with E-state index in [9.17, 15) is 0 Å². The quantitative estimate of drug-likeness (QED) is 0.751. The Morgan fingerprint density at radius 3 is 2.68 bits per heavy atom. The van der Waals surface area contributed by atoms with Crippen LogP contribution in [0.15, 0.2) is 48.8 Å². The highest BCUT2D eigenvalue weighted by Crippen LogP contribution is 2.25. The Bertz CT molecular complexity index is 490. The second kappa shape index (κ2) is 5.52. The van der Waals surface area contributed by atoms with Gasteiger partial charge in [0, 0.05) is 25.1 Å². The third-order valence-corrected chi connectivity index (χ3v) is 4.05. The summed E-state index contributed by atoms with van der Waals surface area (Å²) in [6, 6.07) is 8.82. The lowest BCUT2D eigenvalue weighted by Gasteiger charge is -2.27. The standard InChI is InChI=1S/C17H24N2/c1-13(2)14(3)11-16-7-6-8-17(12-16)19-10-9-18(5)15(19)4/h6-10,12,14-15H,1,11H2,2-5H3. The number of anilines is 1. The lowest BCUT2D eigenvalue weighted by atomic mass is 9.95. The van der Waals surface area contributed by atoms with Gasteiger partial charge in [0.25, 0.3) is 0 Å². The van der Waals surface area contributed by atoms with Gasteiger partial charge in [-0.2, -0.15) is 0 Å². The average molecular weight is 256 g/mol. The summed E-state index contributed by atoms with van der Waals surface area (Å²) in [6.45, 7) is 10.6. The molecule has 0 saturated heterocycles. The van der Waals surface area contributed by atoms with Gasteiger partial charge in [0.15, 0.2) is 0 Å². The van der Waals surface area contributed by atoms with Crippen molar-refractivity contribution in [2.24, 2.45) is 5.92 Å². The summed E-state index contributed by atoms with van der Waals surface area (Å²) in [5, 5.41) is 0. The molecule has 0 aromatic heterocycles. The highest BCUT2D eigenvalue weighted by molar-refractivity contribution is 5.53. The predicted molar refractivity (Wildman–Crippen MR) is 83.0 cm³/mol. The normalized spacial score (nSPS) is 19.9. The minimum atomic E-state index is 0.383. The highest BCUT2D eigenvalue weighted by atomic mass is 15.4. The number of rotatable bonds is 4. The minimum Gasteiger partial charge on any atom is -0.359 e. The molecule has 102 valence electrons. The summed E-state index contributed by atoms with van der Waals surface area (Å²) in [5.41, 5.74) is 3.89. The molecule has 0 saturated carbocycles. The van der Waals surface area contributed by atoms with Gasteiger partial charge < -0.3 is 9.80 Å². The molecule has 2 unspecified atom stereocenters. The van der Waals surface area contributed by atoms with Crippen LogP contribution in [-0.4, -0.2) is 18.1 Å². The summed E-state index contributed by atoms with van der Waals surface area (Å²) in [7, 11) is 2.11. The van der Waals surface area contributed by atoms with Gasteiger partial charge in [-0.1, -0.05) is 31.2 Å². The Balaban J connectivity index is 2.16. The van der Waals surface area contributed by atoms with E-state index < -0.39 is 0 Å². The Labute approximate surface area is 117 Å². The molecule has 0 bridgehead atoms. The maximum absolute atomic E-state index is 4.04. The van der Waals surface area contributed by atoms with E-state index in [4.69, 9.17) is 0 Å². The first-order valence-electron chi connectivity index (χ1n) is 6.92. The Morgan fingerprint density at radius 1 is 1.37 bits per heavy atom. The summed E-state index contributed by atoms with van der Waals surface area (Å²) in [5.74, 6) is 0.532. The van der Waals surface area contributed by atoms with Crippen LogP contribution in [0.25, 0.3) is 0 Å². The van der Waals surface area contributed by atoms with Crippen molar-refractivity contribution in [1.29, 1.82) is 0 Å². The van der Waals surface area contributed by atoms with Gasteiger partial charge in [-0.25, -0.2) is 0 Å². The van der Waals surface area contributed by atoms with Crippen LogP contribution in [0.5, 0.6) is 0 Å². The number of allylic oxidation sites excluding steroid dienone is 1. The SMILES string of the molecule is C=C(C)C(C)Cc1cccc(N2C=CN(C)C2C)c1. The van der Waals surface area contributed by atoms with Gasteiger partial charge in [0.1, 0.15) is 6.17 Å². The van der Waals surface area contributed by atoms with Crippen molar-refractivity contribution in [3.8, 4) is 0 Å². The monoisotopic (exact) mass is 256 g/mol. The fourth-order valence-corrected chi connectivity index (χ4v) is 2.30. The van der Waals surface area contributed by atoms with E-state index in [1.54, 1.807) is 0 Å². The van der Waals surface area contributed by atoms with Crippen LogP contribution < -0.4 is 4.90 Å². The number of hydrogen-bond acceptors (Lipinski definition) is 2. The molecule has 1 aromatic carbocycles. The lowest BCUT2D eigenvalue weighted by molar-refractivity contribution is 0.383. The van der Waals surface area contributed by atoms with E-state index in [1.165, 1.54) is 16.8 Å². The molecule has 1 heterocycles. The smallest absolute Gasteiger partial charge is 0.102 e. The Hall–Kier alpha value is -1.70. The van der Waals surface area contributed by atoms with Crippen molar-refractivity contribution < 1.29 is 0 Å². The summed E-state index contributed by atoms with van der Waals surface area (Å²) >= 11 is 0. The zero-order valence-corrected chi connectivity index (χ0v) is 12.4. The zero-order valence-electron chi connectivity index (χ0n) is 12.4. The van der Waals surface area contributed by atoms with E-state index in [2.05, 4.69) is 80.9 Å². The highest BCUT2D eigenvalue weighted by Gasteiger charge is 2.20. The van der Waals surface area contributed by atoms with Crippen molar-refractivity contribution in [1.82, 2.24) is 4.90 Å². The van der Waals surface area contributed by atoms with Crippen LogP contribution in [0.1, 0.15) is 26.3 Å². The third kappa shape index (κ3) is 3.01.